The maximum Gasteiger partial charge on any atom is 0.122 e. The highest BCUT2D eigenvalue weighted by atomic mass is 32.2. The molecule has 0 bridgehead atoms. The van der Waals surface area contributed by atoms with Crippen LogP contribution >= 0.6 is 11.8 Å². The number of nitrogens with two attached hydrogens (primary N) is 1. The lowest BCUT2D eigenvalue weighted by atomic mass is 9.97. The van der Waals surface area contributed by atoms with Gasteiger partial charge in [-0.25, -0.2) is 0 Å². The summed E-state index contributed by atoms with van der Waals surface area (Å²) in [6.07, 6.45) is 3.14. The predicted octanol–water partition coefficient (Wildman–Crippen LogP) is 2.57. The van der Waals surface area contributed by atoms with Crippen molar-refractivity contribution in [1.29, 1.82) is 0 Å². The standard InChI is InChI=1S/C13H22N2OS/c1-9-8-13(16-3)10(2)7-11(9)12(15-14)5-6-17-4/h7-8,12,15H,5-6,14H2,1-4H3. The zero-order chi connectivity index (χ0) is 12.8. The highest BCUT2D eigenvalue weighted by Gasteiger charge is 2.14. The summed E-state index contributed by atoms with van der Waals surface area (Å²) >= 11 is 1.84. The Balaban J connectivity index is 2.99. The van der Waals surface area contributed by atoms with Gasteiger partial charge in [0.15, 0.2) is 0 Å². The third kappa shape index (κ3) is 3.63. The number of thioether (sulfide) groups is 1. The van der Waals surface area contributed by atoms with Crippen LogP contribution in [0.2, 0.25) is 0 Å². The van der Waals surface area contributed by atoms with Crippen LogP contribution in [-0.4, -0.2) is 19.1 Å². The Morgan fingerprint density at radius 2 is 2.06 bits per heavy atom. The van der Waals surface area contributed by atoms with E-state index in [0.29, 0.717) is 0 Å². The minimum absolute atomic E-state index is 0.215. The van der Waals surface area contributed by atoms with Gasteiger partial charge in [0.05, 0.1) is 7.11 Å². The van der Waals surface area contributed by atoms with Crippen molar-refractivity contribution in [3.63, 3.8) is 0 Å². The quantitative estimate of drug-likeness (QED) is 0.605. The van der Waals surface area contributed by atoms with E-state index in [2.05, 4.69) is 37.7 Å². The molecule has 3 N–H and O–H groups in total. The molecule has 0 heterocycles. The molecule has 1 aromatic rings. The van der Waals surface area contributed by atoms with Gasteiger partial charge in [-0.3, -0.25) is 11.3 Å². The van der Waals surface area contributed by atoms with E-state index >= 15 is 0 Å². The largest absolute Gasteiger partial charge is 0.496 e. The molecule has 0 saturated heterocycles. The van der Waals surface area contributed by atoms with Crippen molar-refractivity contribution in [3.05, 3.63) is 28.8 Å². The van der Waals surface area contributed by atoms with Gasteiger partial charge in [0.1, 0.15) is 5.75 Å². The average molecular weight is 254 g/mol. The molecule has 0 fully saturated rings. The fourth-order valence-corrected chi connectivity index (χ4v) is 2.44. The molecule has 1 atom stereocenters. The van der Waals surface area contributed by atoms with Crippen LogP contribution in [0.25, 0.3) is 0 Å². The van der Waals surface area contributed by atoms with Gasteiger partial charge < -0.3 is 4.74 Å². The Kier molecular flexibility index (Phi) is 5.82. The highest BCUT2D eigenvalue weighted by molar-refractivity contribution is 7.98. The summed E-state index contributed by atoms with van der Waals surface area (Å²) < 4.78 is 5.32. The van der Waals surface area contributed by atoms with E-state index in [9.17, 15) is 0 Å². The topological polar surface area (TPSA) is 47.3 Å². The molecule has 1 aromatic carbocycles. The second-order valence-electron chi connectivity index (χ2n) is 4.18. The van der Waals surface area contributed by atoms with Gasteiger partial charge in [-0.05, 0) is 55.0 Å². The van der Waals surface area contributed by atoms with Gasteiger partial charge in [-0.2, -0.15) is 11.8 Å². The molecule has 0 saturated carbocycles. The van der Waals surface area contributed by atoms with Crippen LogP contribution < -0.4 is 16.0 Å². The first kappa shape index (κ1) is 14.4. The van der Waals surface area contributed by atoms with Gasteiger partial charge in [0.2, 0.25) is 0 Å². The number of hydrogen-bond acceptors (Lipinski definition) is 4. The van der Waals surface area contributed by atoms with Crippen molar-refractivity contribution >= 4 is 11.8 Å². The van der Waals surface area contributed by atoms with Crippen LogP contribution in [0.3, 0.4) is 0 Å². The van der Waals surface area contributed by atoms with Crippen LogP contribution in [0.4, 0.5) is 0 Å². The molecule has 96 valence electrons. The first-order valence-corrected chi connectivity index (χ1v) is 7.13. The molecule has 0 aliphatic rings. The molecule has 0 aromatic heterocycles. The summed E-state index contributed by atoms with van der Waals surface area (Å²) in [6, 6.07) is 4.46. The molecule has 0 aliphatic heterocycles. The van der Waals surface area contributed by atoms with Gasteiger partial charge in [-0.15, -0.1) is 0 Å². The van der Waals surface area contributed by atoms with Crippen LogP contribution in [-0.2, 0) is 0 Å². The molecule has 0 spiro atoms. The van der Waals surface area contributed by atoms with Crippen molar-refractivity contribution in [2.24, 2.45) is 5.84 Å². The summed E-state index contributed by atoms with van der Waals surface area (Å²) in [5.74, 6) is 7.68. The normalized spacial score (nSPS) is 12.5. The number of methoxy groups -OCH3 is 1. The minimum atomic E-state index is 0.215. The number of nitrogens with one attached hydrogen (secondary N) is 1. The Morgan fingerprint density at radius 1 is 1.35 bits per heavy atom. The average Bonchev–Trinajstić information content (AvgIpc) is 2.33. The fraction of sp³-hybridized carbons (Fsp3) is 0.538. The molecular weight excluding hydrogens is 232 g/mol. The Bertz CT molecular complexity index is 369. The SMILES string of the molecule is COc1cc(C)c(C(CCSC)NN)cc1C. The summed E-state index contributed by atoms with van der Waals surface area (Å²) in [7, 11) is 1.70. The minimum Gasteiger partial charge on any atom is -0.496 e. The second-order valence-corrected chi connectivity index (χ2v) is 5.16. The number of ether oxygens (including phenoxy) is 1. The predicted molar refractivity (Wildman–Crippen MR) is 75.5 cm³/mol. The summed E-state index contributed by atoms with van der Waals surface area (Å²) in [5, 5.41) is 0. The first-order chi connectivity index (χ1) is 8.13. The van der Waals surface area contributed by atoms with Crippen molar-refractivity contribution in [2.45, 2.75) is 26.3 Å². The molecule has 0 aliphatic carbocycles. The summed E-state index contributed by atoms with van der Waals surface area (Å²) in [6.45, 7) is 4.16. The Morgan fingerprint density at radius 3 is 2.59 bits per heavy atom. The maximum atomic E-state index is 5.64. The molecule has 17 heavy (non-hydrogen) atoms. The molecule has 3 nitrogen and oxygen atoms in total. The van der Waals surface area contributed by atoms with Gasteiger partial charge in [-0.1, -0.05) is 6.07 Å². The molecule has 0 amide bonds. The number of rotatable bonds is 6. The third-order valence-corrected chi connectivity index (χ3v) is 3.61. The maximum absolute atomic E-state index is 5.64. The molecular formula is C13H22N2OS. The highest BCUT2D eigenvalue weighted by Crippen LogP contribution is 2.28. The summed E-state index contributed by atoms with van der Waals surface area (Å²) in [4.78, 5) is 0. The van der Waals surface area contributed by atoms with Crippen LogP contribution in [0.15, 0.2) is 12.1 Å². The van der Waals surface area contributed by atoms with Crippen molar-refractivity contribution in [1.82, 2.24) is 5.43 Å². The van der Waals surface area contributed by atoms with Crippen molar-refractivity contribution in [3.8, 4) is 5.75 Å². The van der Waals surface area contributed by atoms with Crippen molar-refractivity contribution in [2.75, 3.05) is 19.1 Å². The number of aryl methyl sites for hydroxylation is 2. The van der Waals surface area contributed by atoms with E-state index < -0.39 is 0 Å². The molecule has 0 radical (unpaired) electrons. The van der Waals surface area contributed by atoms with Gasteiger partial charge in [0, 0.05) is 6.04 Å². The molecule has 1 unspecified atom stereocenters. The van der Waals surface area contributed by atoms with Crippen LogP contribution in [0, 0.1) is 13.8 Å². The molecule has 1 rings (SSSR count). The van der Waals surface area contributed by atoms with E-state index in [0.717, 1.165) is 23.5 Å². The van der Waals surface area contributed by atoms with Crippen LogP contribution in [0.5, 0.6) is 5.75 Å². The Hall–Kier alpha value is -0.710. The summed E-state index contributed by atoms with van der Waals surface area (Å²) in [5.41, 5.74) is 6.54. The smallest absolute Gasteiger partial charge is 0.122 e. The van der Waals surface area contributed by atoms with E-state index in [1.54, 1.807) is 7.11 Å². The van der Waals surface area contributed by atoms with E-state index in [1.807, 2.05) is 11.8 Å². The Labute approximate surface area is 108 Å². The zero-order valence-corrected chi connectivity index (χ0v) is 11.9. The second kappa shape index (κ2) is 6.89. The lowest BCUT2D eigenvalue weighted by Gasteiger charge is -2.20. The number of hydrogen-bond donors (Lipinski definition) is 2. The number of hydrazine groups is 1. The zero-order valence-electron chi connectivity index (χ0n) is 11.0. The monoisotopic (exact) mass is 254 g/mol. The van der Waals surface area contributed by atoms with Crippen molar-refractivity contribution < 1.29 is 4.74 Å². The lowest BCUT2D eigenvalue weighted by Crippen LogP contribution is -2.29. The lowest BCUT2D eigenvalue weighted by molar-refractivity contribution is 0.410. The third-order valence-electron chi connectivity index (χ3n) is 2.97. The van der Waals surface area contributed by atoms with E-state index in [4.69, 9.17) is 10.6 Å². The molecule has 4 heteroatoms. The first-order valence-electron chi connectivity index (χ1n) is 5.74. The van der Waals surface area contributed by atoms with Crippen LogP contribution in [0.1, 0.15) is 29.2 Å². The van der Waals surface area contributed by atoms with E-state index in [-0.39, 0.29) is 6.04 Å². The van der Waals surface area contributed by atoms with Gasteiger partial charge in [0.25, 0.3) is 0 Å². The van der Waals surface area contributed by atoms with E-state index in [1.165, 1.54) is 11.1 Å². The van der Waals surface area contributed by atoms with Gasteiger partial charge >= 0.3 is 0 Å². The number of benzene rings is 1. The fourth-order valence-electron chi connectivity index (χ4n) is 1.97.